The molecule has 2 rings (SSSR count). The fourth-order valence-electron chi connectivity index (χ4n) is 2.39. The Morgan fingerprint density at radius 1 is 1.04 bits per heavy atom. The molecule has 134 valence electrons. The minimum absolute atomic E-state index is 0.0280. The molecule has 0 bridgehead atoms. The van der Waals surface area contributed by atoms with Crippen LogP contribution in [0.25, 0.3) is 11.1 Å². The Labute approximate surface area is 152 Å². The summed E-state index contributed by atoms with van der Waals surface area (Å²) in [5.41, 5.74) is 1.75. The van der Waals surface area contributed by atoms with Gasteiger partial charge in [-0.1, -0.05) is 49.7 Å². The Hall–Kier alpha value is -1.89. The Kier molecular flexibility index (Phi) is 6.21. The number of carbonyl (C=O) groups is 1. The van der Waals surface area contributed by atoms with Crippen LogP contribution in [0.15, 0.2) is 53.4 Å². The third kappa shape index (κ3) is 5.29. The summed E-state index contributed by atoms with van der Waals surface area (Å²) in [5.74, 6) is -1.13. The molecule has 1 atom stereocenters. The quantitative estimate of drug-likeness (QED) is 0.764. The number of sulfonamides is 1. The number of carboxylic acids is 1. The molecule has 2 aromatic rings. The van der Waals surface area contributed by atoms with Gasteiger partial charge in [0.2, 0.25) is 10.0 Å². The molecular formula is C18H20ClNO4S. The lowest BCUT2D eigenvalue weighted by Crippen LogP contribution is -2.41. The van der Waals surface area contributed by atoms with E-state index < -0.39 is 22.0 Å². The highest BCUT2D eigenvalue weighted by Crippen LogP contribution is 2.23. The van der Waals surface area contributed by atoms with Crippen LogP contribution < -0.4 is 4.72 Å². The van der Waals surface area contributed by atoms with Crippen LogP contribution in [0, 0.1) is 5.92 Å². The molecule has 0 amide bonds. The summed E-state index contributed by atoms with van der Waals surface area (Å²) < 4.78 is 27.1. The summed E-state index contributed by atoms with van der Waals surface area (Å²) in [4.78, 5) is 11.3. The molecule has 0 aliphatic heterocycles. The van der Waals surface area contributed by atoms with Crippen molar-refractivity contribution < 1.29 is 18.3 Å². The Balaban J connectivity index is 2.22. The molecule has 0 fully saturated rings. The summed E-state index contributed by atoms with van der Waals surface area (Å²) in [6.07, 6.45) is 0.220. The van der Waals surface area contributed by atoms with Crippen molar-refractivity contribution in [3.8, 4) is 11.1 Å². The van der Waals surface area contributed by atoms with E-state index in [1.54, 1.807) is 24.3 Å². The molecule has 0 radical (unpaired) electrons. The number of halogens is 1. The summed E-state index contributed by atoms with van der Waals surface area (Å²) in [6.45, 7) is 3.68. The number of benzene rings is 2. The Morgan fingerprint density at radius 2 is 1.52 bits per heavy atom. The van der Waals surface area contributed by atoms with Crippen molar-refractivity contribution in [1.29, 1.82) is 0 Å². The predicted molar refractivity (Wildman–Crippen MR) is 98.1 cm³/mol. The fraction of sp³-hybridized carbons (Fsp3) is 0.278. The second kappa shape index (κ2) is 7.99. The van der Waals surface area contributed by atoms with Crippen molar-refractivity contribution in [3.05, 3.63) is 53.6 Å². The van der Waals surface area contributed by atoms with Crippen LogP contribution in [0.4, 0.5) is 0 Å². The molecule has 5 nitrogen and oxygen atoms in total. The lowest BCUT2D eigenvalue weighted by atomic mass is 10.1. The molecule has 0 heterocycles. The third-order valence-corrected chi connectivity index (χ3v) is 5.38. The van der Waals surface area contributed by atoms with Gasteiger partial charge in [-0.05, 0) is 47.7 Å². The van der Waals surface area contributed by atoms with Crippen LogP contribution in [0.5, 0.6) is 0 Å². The van der Waals surface area contributed by atoms with Gasteiger partial charge in [-0.3, -0.25) is 4.79 Å². The second-order valence-corrected chi connectivity index (χ2v) is 8.32. The lowest BCUT2D eigenvalue weighted by Gasteiger charge is -2.16. The molecule has 25 heavy (non-hydrogen) atoms. The van der Waals surface area contributed by atoms with E-state index in [9.17, 15) is 18.3 Å². The number of carboxylic acid groups (broad SMARTS) is 1. The van der Waals surface area contributed by atoms with Gasteiger partial charge in [-0.15, -0.1) is 0 Å². The number of hydrogen-bond donors (Lipinski definition) is 2. The average molecular weight is 382 g/mol. The van der Waals surface area contributed by atoms with E-state index in [2.05, 4.69) is 4.72 Å². The van der Waals surface area contributed by atoms with E-state index in [0.29, 0.717) is 5.02 Å². The highest BCUT2D eigenvalue weighted by Gasteiger charge is 2.26. The fourth-order valence-corrected chi connectivity index (χ4v) is 3.72. The minimum Gasteiger partial charge on any atom is -0.480 e. The largest absolute Gasteiger partial charge is 0.480 e. The molecule has 0 aliphatic rings. The van der Waals surface area contributed by atoms with Gasteiger partial charge in [0.15, 0.2) is 0 Å². The normalized spacial score (nSPS) is 13.0. The zero-order valence-electron chi connectivity index (χ0n) is 13.9. The van der Waals surface area contributed by atoms with Gasteiger partial charge in [0.05, 0.1) is 4.90 Å². The number of hydrogen-bond acceptors (Lipinski definition) is 3. The molecule has 0 aromatic heterocycles. The maximum atomic E-state index is 12.4. The van der Waals surface area contributed by atoms with E-state index in [4.69, 9.17) is 11.6 Å². The van der Waals surface area contributed by atoms with Gasteiger partial charge < -0.3 is 5.11 Å². The standard InChI is InChI=1S/C18H20ClNO4S/c1-12(2)11-17(18(21)22)20-25(23,24)16-9-5-14(6-10-16)13-3-7-15(19)8-4-13/h3-10,12,17,20H,11H2,1-2H3,(H,21,22)/t17-/m0/s1. The number of rotatable bonds is 7. The zero-order valence-corrected chi connectivity index (χ0v) is 15.5. The second-order valence-electron chi connectivity index (χ2n) is 6.17. The monoisotopic (exact) mass is 381 g/mol. The van der Waals surface area contributed by atoms with Crippen LogP contribution in [0.3, 0.4) is 0 Å². The summed E-state index contributed by atoms with van der Waals surface area (Å²) in [5, 5.41) is 9.83. The van der Waals surface area contributed by atoms with Crippen molar-refractivity contribution in [2.24, 2.45) is 5.92 Å². The van der Waals surface area contributed by atoms with E-state index in [1.807, 2.05) is 26.0 Å². The van der Waals surface area contributed by atoms with Gasteiger partial charge >= 0.3 is 5.97 Å². The van der Waals surface area contributed by atoms with E-state index in [-0.39, 0.29) is 17.2 Å². The maximum absolute atomic E-state index is 12.4. The highest BCUT2D eigenvalue weighted by atomic mass is 35.5. The SMILES string of the molecule is CC(C)C[C@H](NS(=O)(=O)c1ccc(-c2ccc(Cl)cc2)cc1)C(=O)O. The van der Waals surface area contributed by atoms with Crippen LogP contribution in [0.2, 0.25) is 5.02 Å². The number of aliphatic carboxylic acids is 1. The van der Waals surface area contributed by atoms with Gasteiger partial charge in [-0.25, -0.2) is 8.42 Å². The molecule has 0 saturated carbocycles. The summed E-state index contributed by atoms with van der Waals surface area (Å²) in [7, 11) is -3.91. The maximum Gasteiger partial charge on any atom is 0.321 e. The average Bonchev–Trinajstić information content (AvgIpc) is 2.54. The molecular weight excluding hydrogens is 362 g/mol. The summed E-state index contributed by atoms with van der Waals surface area (Å²) >= 11 is 5.86. The first kappa shape index (κ1) is 19.4. The van der Waals surface area contributed by atoms with Gasteiger partial charge in [0.25, 0.3) is 0 Å². The minimum atomic E-state index is -3.91. The van der Waals surface area contributed by atoms with Crippen LogP contribution in [-0.2, 0) is 14.8 Å². The topological polar surface area (TPSA) is 83.5 Å². The Bertz CT molecular complexity index is 830. The van der Waals surface area contributed by atoms with Crippen molar-refractivity contribution in [1.82, 2.24) is 4.72 Å². The van der Waals surface area contributed by atoms with Gasteiger partial charge in [0, 0.05) is 5.02 Å². The lowest BCUT2D eigenvalue weighted by molar-refractivity contribution is -0.139. The first-order chi connectivity index (χ1) is 11.7. The third-order valence-electron chi connectivity index (χ3n) is 3.64. The molecule has 0 aliphatic carbocycles. The molecule has 0 unspecified atom stereocenters. The van der Waals surface area contributed by atoms with E-state index in [0.717, 1.165) is 11.1 Å². The van der Waals surface area contributed by atoms with Crippen LogP contribution in [0.1, 0.15) is 20.3 Å². The highest BCUT2D eigenvalue weighted by molar-refractivity contribution is 7.89. The van der Waals surface area contributed by atoms with Crippen molar-refractivity contribution in [2.45, 2.75) is 31.2 Å². The molecule has 0 saturated heterocycles. The van der Waals surface area contributed by atoms with Crippen molar-refractivity contribution in [3.63, 3.8) is 0 Å². The van der Waals surface area contributed by atoms with Gasteiger partial charge in [0.1, 0.15) is 6.04 Å². The number of nitrogens with one attached hydrogen (secondary N) is 1. The van der Waals surface area contributed by atoms with Crippen LogP contribution >= 0.6 is 11.6 Å². The Morgan fingerprint density at radius 3 is 1.96 bits per heavy atom. The smallest absolute Gasteiger partial charge is 0.321 e. The van der Waals surface area contributed by atoms with E-state index >= 15 is 0 Å². The van der Waals surface area contributed by atoms with Crippen molar-refractivity contribution in [2.75, 3.05) is 0 Å². The molecule has 0 spiro atoms. The summed E-state index contributed by atoms with van der Waals surface area (Å²) in [6, 6.07) is 12.3. The zero-order chi connectivity index (χ0) is 18.6. The predicted octanol–water partition coefficient (Wildman–Crippen LogP) is 3.78. The molecule has 2 aromatic carbocycles. The van der Waals surface area contributed by atoms with Gasteiger partial charge in [-0.2, -0.15) is 4.72 Å². The first-order valence-corrected chi connectivity index (χ1v) is 9.66. The van der Waals surface area contributed by atoms with E-state index in [1.165, 1.54) is 12.1 Å². The first-order valence-electron chi connectivity index (χ1n) is 7.80. The van der Waals surface area contributed by atoms with Crippen LogP contribution in [-0.4, -0.2) is 25.5 Å². The molecule has 2 N–H and O–H groups in total. The van der Waals surface area contributed by atoms with Crippen molar-refractivity contribution >= 4 is 27.6 Å². The molecule has 7 heteroatoms.